The van der Waals surface area contributed by atoms with Crippen LogP contribution in [0.15, 0.2) is 102 Å². The molecule has 4 aromatic carbocycles. The molecule has 0 aliphatic heterocycles. The summed E-state index contributed by atoms with van der Waals surface area (Å²) >= 11 is 0. The maximum absolute atomic E-state index is 13.8. The smallest absolute Gasteiger partial charge is 0.247 e. The molecule has 1 aliphatic rings. The van der Waals surface area contributed by atoms with Crippen LogP contribution in [0.2, 0.25) is 0 Å². The highest BCUT2D eigenvalue weighted by atomic mass is 35.5. The largest absolute Gasteiger partial charge is 0.344 e. The van der Waals surface area contributed by atoms with Crippen LogP contribution >= 0.6 is 12.4 Å². The first-order valence-electron chi connectivity index (χ1n) is 17.1. The van der Waals surface area contributed by atoms with Gasteiger partial charge < -0.3 is 16.4 Å². The molecular weight excluding hydrogens is 700 g/mol. The van der Waals surface area contributed by atoms with E-state index in [4.69, 9.17) is 5.73 Å². The van der Waals surface area contributed by atoms with E-state index in [2.05, 4.69) is 36.0 Å². The number of amides is 2. The Morgan fingerprint density at radius 1 is 0.885 bits per heavy atom. The van der Waals surface area contributed by atoms with Crippen LogP contribution in [0.1, 0.15) is 42.4 Å². The number of tetrazole rings is 1. The molecule has 12 nitrogen and oxygen atoms in total. The number of H-pyrrole nitrogens is 1. The van der Waals surface area contributed by atoms with E-state index in [0.717, 1.165) is 59.1 Å². The fraction of sp³-hybridized carbons (Fsp3) is 0.289. The molecule has 1 heterocycles. The van der Waals surface area contributed by atoms with Gasteiger partial charge in [0.1, 0.15) is 6.04 Å². The highest BCUT2D eigenvalue weighted by Crippen LogP contribution is 2.30. The highest BCUT2D eigenvalue weighted by Gasteiger charge is 2.29. The zero-order valence-electron chi connectivity index (χ0n) is 28.8. The van der Waals surface area contributed by atoms with Gasteiger partial charge in [-0.1, -0.05) is 60.7 Å². The number of aromatic amines is 1. The first kappa shape index (κ1) is 38.3. The van der Waals surface area contributed by atoms with E-state index < -0.39 is 16.1 Å². The molecule has 6 N–H and O–H groups in total. The molecule has 2 amide bonds. The SMILES string of the molecule is Cc1ccc(S(=O)(=O)NCc2ccccc2)cc1-c1cccc(C[C@H](NC(=O)C2CCC(CN)CC2)C(=O)Nc2ccc(-c3nnn[nH]3)cc2)c1.Cl. The lowest BCUT2D eigenvalue weighted by Crippen LogP contribution is -2.48. The van der Waals surface area contributed by atoms with Crippen molar-refractivity contribution in [2.24, 2.45) is 17.6 Å². The van der Waals surface area contributed by atoms with Gasteiger partial charge in [-0.2, -0.15) is 0 Å². The Kier molecular flexibility index (Phi) is 12.9. The average Bonchev–Trinajstić information content (AvgIpc) is 3.70. The van der Waals surface area contributed by atoms with Crippen molar-refractivity contribution < 1.29 is 18.0 Å². The summed E-state index contributed by atoms with van der Waals surface area (Å²) in [5.74, 6) is 0.235. The van der Waals surface area contributed by atoms with Gasteiger partial charge in [-0.05, 0) is 120 Å². The van der Waals surface area contributed by atoms with Crippen LogP contribution in [0.4, 0.5) is 5.69 Å². The van der Waals surface area contributed by atoms with Crippen LogP contribution < -0.4 is 21.1 Å². The van der Waals surface area contributed by atoms with Gasteiger partial charge in [0, 0.05) is 30.1 Å². The van der Waals surface area contributed by atoms with Crippen LogP contribution in [-0.4, -0.2) is 53.4 Å². The van der Waals surface area contributed by atoms with Gasteiger partial charge in [0.2, 0.25) is 21.8 Å². The Hall–Kier alpha value is -4.95. The van der Waals surface area contributed by atoms with Gasteiger partial charge in [0.15, 0.2) is 5.82 Å². The summed E-state index contributed by atoms with van der Waals surface area (Å²) < 4.78 is 29.2. The van der Waals surface area contributed by atoms with Gasteiger partial charge >= 0.3 is 0 Å². The molecular formula is C38H43ClN8O4S. The van der Waals surface area contributed by atoms with Crippen molar-refractivity contribution in [1.82, 2.24) is 30.7 Å². The number of anilines is 1. The van der Waals surface area contributed by atoms with Crippen molar-refractivity contribution in [3.05, 3.63) is 114 Å². The minimum atomic E-state index is -3.79. The van der Waals surface area contributed by atoms with Gasteiger partial charge in [-0.25, -0.2) is 18.2 Å². The third-order valence-corrected chi connectivity index (χ3v) is 10.9. The molecule has 1 atom stereocenters. The molecule has 0 unspecified atom stereocenters. The Labute approximate surface area is 309 Å². The molecule has 1 fully saturated rings. The summed E-state index contributed by atoms with van der Waals surface area (Å²) in [4.78, 5) is 27.5. The Morgan fingerprint density at radius 3 is 2.31 bits per heavy atom. The number of halogens is 1. The van der Waals surface area contributed by atoms with Gasteiger partial charge in [-0.15, -0.1) is 17.5 Å². The number of hydrogen-bond acceptors (Lipinski definition) is 8. The topological polar surface area (TPSA) is 185 Å². The molecule has 1 saturated carbocycles. The molecule has 0 bridgehead atoms. The van der Waals surface area contributed by atoms with Gasteiger partial charge in [0.05, 0.1) is 4.90 Å². The van der Waals surface area contributed by atoms with Crippen LogP contribution in [0.25, 0.3) is 22.5 Å². The zero-order chi connectivity index (χ0) is 35.8. The normalized spacial score (nSPS) is 16.3. The molecule has 6 rings (SSSR count). The maximum atomic E-state index is 13.8. The molecule has 272 valence electrons. The molecule has 0 spiro atoms. The molecule has 1 aromatic heterocycles. The first-order chi connectivity index (χ1) is 24.7. The van der Waals surface area contributed by atoms with E-state index in [1.54, 1.807) is 42.5 Å². The minimum Gasteiger partial charge on any atom is -0.344 e. The standard InChI is InChI=1S/C38H42N8O4S.ClH/c1-25-10-19-33(51(49,50)40-24-27-6-3-2-4-7-27)22-34(25)31-9-5-8-28(20-31)21-35(42-37(47)30-13-11-26(23-39)12-14-30)38(48)41-32-17-15-29(16-18-32)36-43-45-46-44-36;/h2-10,15-20,22,26,30,35,40H,11-14,21,23-24,39H2,1H3,(H,41,48)(H,42,47)(H,43,44,45,46);1H/t26?,30?,35-;/m0./s1. The second kappa shape index (κ2) is 17.5. The number of aromatic nitrogens is 4. The van der Waals surface area contributed by atoms with E-state index in [0.29, 0.717) is 24.0 Å². The van der Waals surface area contributed by atoms with Crippen LogP contribution in [-0.2, 0) is 32.6 Å². The summed E-state index contributed by atoms with van der Waals surface area (Å²) in [6.45, 7) is 2.71. The van der Waals surface area contributed by atoms with Crippen molar-refractivity contribution in [1.29, 1.82) is 0 Å². The number of sulfonamides is 1. The number of hydrogen-bond donors (Lipinski definition) is 5. The lowest BCUT2D eigenvalue weighted by molar-refractivity contribution is -0.130. The van der Waals surface area contributed by atoms with Crippen LogP contribution in [0, 0.1) is 18.8 Å². The van der Waals surface area contributed by atoms with E-state index >= 15 is 0 Å². The average molecular weight is 743 g/mol. The van der Waals surface area contributed by atoms with Gasteiger partial charge in [0.25, 0.3) is 0 Å². The fourth-order valence-corrected chi connectivity index (χ4v) is 7.46. The second-order valence-electron chi connectivity index (χ2n) is 13.0. The number of aryl methyl sites for hydroxylation is 1. The Balaban J connectivity index is 0.00000523. The first-order valence-corrected chi connectivity index (χ1v) is 18.6. The van der Waals surface area contributed by atoms with Crippen molar-refractivity contribution in [2.75, 3.05) is 11.9 Å². The van der Waals surface area contributed by atoms with E-state index in [1.165, 1.54) is 0 Å². The van der Waals surface area contributed by atoms with Crippen molar-refractivity contribution in [3.8, 4) is 22.5 Å². The third-order valence-electron chi connectivity index (χ3n) is 9.46. The molecule has 5 aromatic rings. The highest BCUT2D eigenvalue weighted by molar-refractivity contribution is 7.89. The molecule has 0 saturated heterocycles. The quantitative estimate of drug-likeness (QED) is 0.109. The van der Waals surface area contributed by atoms with E-state index in [-0.39, 0.29) is 48.0 Å². The third kappa shape index (κ3) is 9.68. The number of nitrogens with zero attached hydrogens (tertiary/aromatic N) is 3. The predicted molar refractivity (Wildman–Crippen MR) is 203 cm³/mol. The fourth-order valence-electron chi connectivity index (χ4n) is 6.42. The second-order valence-corrected chi connectivity index (χ2v) is 14.8. The Morgan fingerprint density at radius 2 is 1.62 bits per heavy atom. The van der Waals surface area contributed by atoms with Gasteiger partial charge in [-0.3, -0.25) is 9.59 Å². The minimum absolute atomic E-state index is 0. The van der Waals surface area contributed by atoms with Crippen molar-refractivity contribution in [3.63, 3.8) is 0 Å². The molecule has 0 radical (unpaired) electrons. The monoisotopic (exact) mass is 742 g/mol. The molecule has 14 heteroatoms. The number of carbonyl (C=O) groups excluding carboxylic acids is 2. The zero-order valence-corrected chi connectivity index (χ0v) is 30.4. The predicted octanol–water partition coefficient (Wildman–Crippen LogP) is 5.17. The van der Waals surface area contributed by atoms with Crippen LogP contribution in [0.5, 0.6) is 0 Å². The van der Waals surface area contributed by atoms with E-state index in [1.807, 2.05) is 61.5 Å². The number of nitrogens with two attached hydrogens (primary N) is 1. The summed E-state index contributed by atoms with van der Waals surface area (Å²) in [5.41, 5.74) is 11.3. The number of rotatable bonds is 13. The van der Waals surface area contributed by atoms with E-state index in [9.17, 15) is 18.0 Å². The Bertz CT molecular complexity index is 2050. The summed E-state index contributed by atoms with van der Waals surface area (Å²) in [6, 6.07) is 28.3. The maximum Gasteiger partial charge on any atom is 0.247 e. The summed E-state index contributed by atoms with van der Waals surface area (Å²) in [7, 11) is -3.79. The van der Waals surface area contributed by atoms with Crippen LogP contribution in [0.3, 0.4) is 0 Å². The summed E-state index contributed by atoms with van der Waals surface area (Å²) in [5, 5.41) is 19.8. The molecule has 52 heavy (non-hydrogen) atoms. The lowest BCUT2D eigenvalue weighted by Gasteiger charge is -2.28. The van der Waals surface area contributed by atoms with Crippen molar-refractivity contribution >= 4 is 39.9 Å². The number of carbonyl (C=O) groups is 2. The summed E-state index contributed by atoms with van der Waals surface area (Å²) in [6.07, 6.45) is 3.45. The lowest BCUT2D eigenvalue weighted by atomic mass is 9.81. The number of benzene rings is 4. The number of nitrogens with one attached hydrogen (secondary N) is 4. The molecule has 1 aliphatic carbocycles. The van der Waals surface area contributed by atoms with Crippen molar-refractivity contribution in [2.45, 2.75) is 56.5 Å².